The molecule has 0 spiro atoms. The third-order valence-corrected chi connectivity index (χ3v) is 9.82. The largest absolute Gasteiger partial charge is 0.494 e. The number of nitrogens with one attached hydrogen (secondary N) is 2. The summed E-state index contributed by atoms with van der Waals surface area (Å²) in [6.45, 7) is 4.74. The number of sulfonamides is 1. The van der Waals surface area contributed by atoms with E-state index in [-0.39, 0.29) is 12.0 Å². The highest BCUT2D eigenvalue weighted by Gasteiger charge is 2.43. The number of unbranched alkanes of at least 4 members (excludes halogenated alkanes) is 3. The van der Waals surface area contributed by atoms with E-state index in [4.69, 9.17) is 9.84 Å². The van der Waals surface area contributed by atoms with Crippen molar-refractivity contribution in [3.63, 3.8) is 0 Å². The lowest BCUT2D eigenvalue weighted by atomic mass is 9.79. The molecule has 0 saturated heterocycles. The number of carbonyl (C=O) groups is 2. The van der Waals surface area contributed by atoms with Crippen molar-refractivity contribution < 1.29 is 22.7 Å². The van der Waals surface area contributed by atoms with Crippen LogP contribution in [0.25, 0.3) is 5.57 Å². The number of carbonyl (C=O) groups excluding carboxylic acids is 2. The summed E-state index contributed by atoms with van der Waals surface area (Å²) in [5.74, 6) is -0.750. The fourth-order valence-electron chi connectivity index (χ4n) is 5.20. The fourth-order valence-corrected chi connectivity index (χ4v) is 6.49. The van der Waals surface area contributed by atoms with Gasteiger partial charge in [0.25, 0.3) is 11.8 Å². The Hall–Kier alpha value is -3.14. The summed E-state index contributed by atoms with van der Waals surface area (Å²) in [6, 6.07) is 9.76. The van der Waals surface area contributed by atoms with Crippen LogP contribution in [-0.4, -0.2) is 41.9 Å². The molecule has 39 heavy (non-hydrogen) atoms. The van der Waals surface area contributed by atoms with Gasteiger partial charge < -0.3 is 10.1 Å². The van der Waals surface area contributed by atoms with E-state index >= 15 is 0 Å². The second-order valence-corrected chi connectivity index (χ2v) is 13.2. The number of nitrogens with zero attached hydrogens (tertiary/aromatic N) is 2. The van der Waals surface area contributed by atoms with Crippen molar-refractivity contribution in [1.82, 2.24) is 19.8 Å². The molecule has 2 fully saturated rings. The average Bonchev–Trinajstić information content (AvgIpc) is 3.62. The lowest BCUT2D eigenvalue weighted by Gasteiger charge is -2.37. The minimum absolute atomic E-state index is 0.192. The van der Waals surface area contributed by atoms with Crippen molar-refractivity contribution in [2.24, 2.45) is 0 Å². The zero-order valence-electron chi connectivity index (χ0n) is 22.7. The van der Waals surface area contributed by atoms with E-state index < -0.39 is 32.6 Å². The average molecular weight is 555 g/mol. The zero-order valence-corrected chi connectivity index (χ0v) is 23.6. The Morgan fingerprint density at radius 3 is 2.51 bits per heavy atom. The third-order valence-electron chi connectivity index (χ3n) is 8.00. The van der Waals surface area contributed by atoms with E-state index in [0.717, 1.165) is 43.4 Å². The van der Waals surface area contributed by atoms with Crippen molar-refractivity contribution >= 4 is 27.4 Å². The van der Waals surface area contributed by atoms with Gasteiger partial charge in [0.15, 0.2) is 0 Å². The number of benzene rings is 1. The molecule has 2 aliphatic carbocycles. The Morgan fingerprint density at radius 2 is 1.87 bits per heavy atom. The van der Waals surface area contributed by atoms with Crippen molar-refractivity contribution in [3.8, 4) is 5.75 Å². The number of aromatic nitrogens is 2. The molecular formula is C29H38N4O5S. The summed E-state index contributed by atoms with van der Waals surface area (Å²) in [5.41, 5.74) is 0.798. The highest BCUT2D eigenvalue weighted by Crippen LogP contribution is 2.40. The molecule has 2 N–H and O–H groups in total. The normalized spacial score (nSPS) is 21.8. The lowest BCUT2D eigenvalue weighted by molar-refractivity contribution is -0.124. The Balaban J connectivity index is 1.41. The SMILES string of the molecule is CCCCCCOc1ccc([C@]2(C)CC(c3ccn(C4CCC4)n3)=C(C(=O)NS(=O)(=O)C3CC3)C(=O)N2)cc1. The first-order valence-electron chi connectivity index (χ1n) is 14.1. The highest BCUT2D eigenvalue weighted by molar-refractivity contribution is 7.91. The Labute approximate surface area is 230 Å². The van der Waals surface area contributed by atoms with Crippen LogP contribution in [0.2, 0.25) is 0 Å². The Bertz CT molecular complexity index is 1360. The van der Waals surface area contributed by atoms with Gasteiger partial charge in [-0.25, -0.2) is 13.1 Å². The van der Waals surface area contributed by atoms with Gasteiger partial charge in [0.2, 0.25) is 10.0 Å². The summed E-state index contributed by atoms with van der Waals surface area (Å²) in [7, 11) is -3.82. The van der Waals surface area contributed by atoms with E-state index in [1.807, 2.05) is 48.1 Å². The van der Waals surface area contributed by atoms with Gasteiger partial charge in [0.1, 0.15) is 11.3 Å². The van der Waals surface area contributed by atoms with Crippen LogP contribution in [0.5, 0.6) is 5.75 Å². The number of hydrogen-bond donors (Lipinski definition) is 2. The molecule has 5 rings (SSSR count). The molecule has 3 aliphatic rings. The summed E-state index contributed by atoms with van der Waals surface area (Å²) in [4.78, 5) is 26.7. The maximum atomic E-state index is 13.5. The Kier molecular flexibility index (Phi) is 7.84. The fraction of sp³-hybridized carbons (Fsp3) is 0.552. The summed E-state index contributed by atoms with van der Waals surface area (Å²) < 4.78 is 35.0. The zero-order chi connectivity index (χ0) is 27.6. The van der Waals surface area contributed by atoms with Crippen LogP contribution in [0.3, 0.4) is 0 Å². The molecule has 1 aliphatic heterocycles. The second-order valence-electron chi connectivity index (χ2n) is 11.2. The molecule has 2 heterocycles. The molecule has 0 bridgehead atoms. The third kappa shape index (κ3) is 6.05. The predicted octanol–water partition coefficient (Wildman–Crippen LogP) is 4.36. The molecule has 0 unspecified atom stereocenters. The molecule has 1 aromatic carbocycles. The predicted molar refractivity (Wildman–Crippen MR) is 148 cm³/mol. The molecular weight excluding hydrogens is 516 g/mol. The van der Waals surface area contributed by atoms with E-state index in [1.165, 1.54) is 12.8 Å². The number of hydrogen-bond acceptors (Lipinski definition) is 6. The smallest absolute Gasteiger partial charge is 0.270 e. The van der Waals surface area contributed by atoms with Crippen molar-refractivity contribution in [2.45, 2.75) is 94.9 Å². The first-order chi connectivity index (χ1) is 18.7. The monoisotopic (exact) mass is 554 g/mol. The van der Waals surface area contributed by atoms with E-state index in [2.05, 4.69) is 17.0 Å². The van der Waals surface area contributed by atoms with Crippen molar-refractivity contribution in [1.29, 1.82) is 0 Å². The summed E-state index contributed by atoms with van der Waals surface area (Å²) >= 11 is 0. The minimum atomic E-state index is -3.82. The van der Waals surface area contributed by atoms with Crippen LogP contribution >= 0.6 is 0 Å². The maximum absolute atomic E-state index is 13.5. The van der Waals surface area contributed by atoms with E-state index in [0.29, 0.717) is 36.8 Å². The minimum Gasteiger partial charge on any atom is -0.494 e. The van der Waals surface area contributed by atoms with Gasteiger partial charge in [-0.05, 0) is 69.2 Å². The van der Waals surface area contributed by atoms with E-state index in [9.17, 15) is 18.0 Å². The van der Waals surface area contributed by atoms with Gasteiger partial charge in [-0.15, -0.1) is 0 Å². The molecule has 2 amide bonds. The standard InChI is InChI=1S/C29H38N4O5S/c1-3-4-5-6-18-38-22-12-10-20(11-13-22)29(2)19-24(25-16-17-33(31-25)21-8-7-9-21)26(27(34)30-29)28(35)32-39(36,37)23-14-15-23/h10-13,16-17,21,23H,3-9,14-15,18-19H2,1-2H3,(H,30,34)(H,32,35)/t29-/m0/s1. The molecule has 2 aromatic rings. The molecule has 2 saturated carbocycles. The quantitative estimate of drug-likeness (QED) is 0.297. The van der Waals surface area contributed by atoms with Crippen LogP contribution in [-0.2, 0) is 25.2 Å². The topological polar surface area (TPSA) is 119 Å². The van der Waals surface area contributed by atoms with Crippen LogP contribution in [0.1, 0.15) is 95.4 Å². The van der Waals surface area contributed by atoms with Crippen LogP contribution in [0.4, 0.5) is 0 Å². The van der Waals surface area contributed by atoms with Crippen molar-refractivity contribution in [2.75, 3.05) is 6.61 Å². The molecule has 9 nitrogen and oxygen atoms in total. The first-order valence-corrected chi connectivity index (χ1v) is 15.7. The lowest BCUT2D eigenvalue weighted by Crippen LogP contribution is -2.51. The van der Waals surface area contributed by atoms with Gasteiger partial charge in [0.05, 0.1) is 29.1 Å². The molecule has 1 aromatic heterocycles. The number of ether oxygens (including phenoxy) is 1. The van der Waals surface area contributed by atoms with Crippen molar-refractivity contribution in [3.05, 3.63) is 53.4 Å². The summed E-state index contributed by atoms with van der Waals surface area (Å²) in [6.07, 6.45) is 10.9. The maximum Gasteiger partial charge on any atom is 0.270 e. The molecule has 0 radical (unpaired) electrons. The van der Waals surface area contributed by atoms with Crippen LogP contribution < -0.4 is 14.8 Å². The first kappa shape index (κ1) is 27.4. The molecule has 1 atom stereocenters. The van der Waals surface area contributed by atoms with Gasteiger partial charge in [-0.1, -0.05) is 38.3 Å². The highest BCUT2D eigenvalue weighted by atomic mass is 32.2. The number of rotatable bonds is 12. The van der Waals surface area contributed by atoms with Gasteiger partial charge >= 0.3 is 0 Å². The van der Waals surface area contributed by atoms with Gasteiger partial charge in [0, 0.05) is 18.2 Å². The van der Waals surface area contributed by atoms with Gasteiger partial charge in [-0.2, -0.15) is 5.10 Å². The Morgan fingerprint density at radius 1 is 1.13 bits per heavy atom. The van der Waals surface area contributed by atoms with E-state index in [1.54, 1.807) is 0 Å². The summed E-state index contributed by atoms with van der Waals surface area (Å²) in [5, 5.41) is 7.13. The second kappa shape index (κ2) is 11.2. The van der Waals surface area contributed by atoms with Crippen LogP contribution in [0, 0.1) is 0 Å². The molecule has 210 valence electrons. The molecule has 10 heteroatoms. The van der Waals surface area contributed by atoms with Crippen LogP contribution in [0.15, 0.2) is 42.1 Å². The van der Waals surface area contributed by atoms with Gasteiger partial charge in [-0.3, -0.25) is 14.3 Å². The number of amides is 2.